The van der Waals surface area contributed by atoms with Gasteiger partial charge >= 0.3 is 6.18 Å². The molecular weight excluding hydrogens is 538 g/mol. The van der Waals surface area contributed by atoms with Crippen LogP contribution in [0.15, 0.2) is 30.7 Å². The zero-order chi connectivity index (χ0) is 28.7. The van der Waals surface area contributed by atoms with Crippen LogP contribution in [0.1, 0.15) is 67.8 Å². The summed E-state index contributed by atoms with van der Waals surface area (Å²) in [7, 11) is 0. The third kappa shape index (κ3) is 5.66. The molecule has 0 saturated carbocycles. The van der Waals surface area contributed by atoms with Crippen molar-refractivity contribution in [2.45, 2.75) is 63.6 Å². The van der Waals surface area contributed by atoms with Crippen molar-refractivity contribution in [1.29, 1.82) is 0 Å². The maximum Gasteiger partial charge on any atom is 0.419 e. The summed E-state index contributed by atoms with van der Waals surface area (Å²) in [5.41, 5.74) is 0.344. The van der Waals surface area contributed by atoms with Gasteiger partial charge in [0.2, 0.25) is 5.91 Å². The second kappa shape index (κ2) is 11.0. The van der Waals surface area contributed by atoms with Crippen LogP contribution in [0.2, 0.25) is 0 Å². The number of carbonyl (C=O) groups is 1. The largest absolute Gasteiger partial charge is 0.419 e. The van der Waals surface area contributed by atoms with Gasteiger partial charge in [-0.15, -0.1) is 0 Å². The molecule has 12 heteroatoms. The number of carbonyl (C=O) groups excluding carboxylic acids is 1. The molecule has 1 amide bonds. The molecular formula is C29H33F4N7O. The van der Waals surface area contributed by atoms with Gasteiger partial charge in [0.15, 0.2) is 0 Å². The second-order valence-corrected chi connectivity index (χ2v) is 11.3. The van der Waals surface area contributed by atoms with E-state index in [4.69, 9.17) is 4.98 Å². The molecule has 1 atom stereocenters. The number of amides is 1. The van der Waals surface area contributed by atoms with E-state index in [0.717, 1.165) is 74.9 Å². The molecule has 41 heavy (non-hydrogen) atoms. The number of nitrogens with one attached hydrogen (secondary N) is 1. The lowest BCUT2D eigenvalue weighted by Crippen LogP contribution is -2.36. The van der Waals surface area contributed by atoms with Crippen LogP contribution in [0.3, 0.4) is 0 Å². The number of aromatic nitrogens is 4. The topological polar surface area (TPSA) is 79.2 Å². The number of hydrogen-bond donors (Lipinski definition) is 1. The molecule has 0 unspecified atom stereocenters. The Hall–Kier alpha value is -3.54. The van der Waals surface area contributed by atoms with Gasteiger partial charge in [-0.2, -0.15) is 13.2 Å². The van der Waals surface area contributed by atoms with Crippen LogP contribution in [0.25, 0.3) is 11.3 Å². The third-order valence-electron chi connectivity index (χ3n) is 8.50. The number of nitrogens with zero attached hydrogens (tertiary/aromatic N) is 6. The summed E-state index contributed by atoms with van der Waals surface area (Å²) in [6.07, 6.45) is 2.82. The van der Waals surface area contributed by atoms with E-state index in [2.05, 4.69) is 29.7 Å². The third-order valence-corrected chi connectivity index (χ3v) is 8.50. The Balaban J connectivity index is 1.25. The van der Waals surface area contributed by atoms with Gasteiger partial charge in [0.25, 0.3) is 0 Å². The number of halogens is 4. The predicted molar refractivity (Wildman–Crippen MR) is 146 cm³/mol. The fourth-order valence-electron chi connectivity index (χ4n) is 6.34. The highest BCUT2D eigenvalue weighted by Crippen LogP contribution is 2.39. The molecule has 0 radical (unpaired) electrons. The lowest BCUT2D eigenvalue weighted by molar-refractivity contribution is -0.140. The molecule has 1 aromatic carbocycles. The monoisotopic (exact) mass is 571 g/mol. The molecule has 3 aliphatic rings. The summed E-state index contributed by atoms with van der Waals surface area (Å²) in [5, 5.41) is 2.86. The average Bonchev–Trinajstić information content (AvgIpc) is 3.61. The molecule has 3 aliphatic heterocycles. The number of anilines is 2. The van der Waals surface area contributed by atoms with E-state index < -0.39 is 17.6 Å². The SMILES string of the molecule is C[C@@H]1CC(=O)Nc2ncnc(N3CCC(c4nc(-c5ccc(F)c(C(F)(F)F)c5)cn4CCN4CCCC4)CC3)c21. The lowest BCUT2D eigenvalue weighted by atomic mass is 9.92. The van der Waals surface area contributed by atoms with Crippen molar-refractivity contribution in [3.8, 4) is 11.3 Å². The van der Waals surface area contributed by atoms with Gasteiger partial charge in [-0.25, -0.2) is 19.3 Å². The molecule has 3 aromatic rings. The Kier molecular flexibility index (Phi) is 7.43. The van der Waals surface area contributed by atoms with Crippen LogP contribution in [-0.4, -0.2) is 63.0 Å². The van der Waals surface area contributed by atoms with Crippen molar-refractivity contribution in [1.82, 2.24) is 24.4 Å². The van der Waals surface area contributed by atoms with Gasteiger partial charge in [-0.3, -0.25) is 4.79 Å². The number of benzene rings is 1. The highest BCUT2D eigenvalue weighted by molar-refractivity contribution is 5.94. The number of hydrogen-bond acceptors (Lipinski definition) is 6. The Bertz CT molecular complexity index is 1430. The molecule has 0 spiro atoms. The summed E-state index contributed by atoms with van der Waals surface area (Å²) in [5.74, 6) is 1.04. The van der Waals surface area contributed by atoms with E-state index in [0.29, 0.717) is 24.5 Å². The van der Waals surface area contributed by atoms with E-state index in [-0.39, 0.29) is 23.3 Å². The van der Waals surface area contributed by atoms with E-state index in [1.165, 1.54) is 25.2 Å². The zero-order valence-corrected chi connectivity index (χ0v) is 22.9. The Morgan fingerprint density at radius 2 is 1.80 bits per heavy atom. The van der Waals surface area contributed by atoms with Gasteiger partial charge < -0.3 is 19.7 Å². The quantitative estimate of drug-likeness (QED) is 0.398. The average molecular weight is 572 g/mol. The molecule has 1 N–H and O–H groups in total. The summed E-state index contributed by atoms with van der Waals surface area (Å²) in [6.45, 7) is 7.07. The first-order valence-corrected chi connectivity index (χ1v) is 14.2. The first kappa shape index (κ1) is 27.6. The van der Waals surface area contributed by atoms with Crippen molar-refractivity contribution < 1.29 is 22.4 Å². The van der Waals surface area contributed by atoms with Crippen LogP contribution in [-0.2, 0) is 17.5 Å². The highest BCUT2D eigenvalue weighted by atomic mass is 19.4. The molecule has 8 nitrogen and oxygen atoms in total. The van der Waals surface area contributed by atoms with E-state index in [1.54, 1.807) is 0 Å². The first-order chi connectivity index (χ1) is 19.7. The van der Waals surface area contributed by atoms with Crippen LogP contribution in [0, 0.1) is 5.82 Å². The predicted octanol–water partition coefficient (Wildman–Crippen LogP) is 5.42. The molecule has 5 heterocycles. The van der Waals surface area contributed by atoms with Crippen molar-refractivity contribution in [3.63, 3.8) is 0 Å². The van der Waals surface area contributed by atoms with Gasteiger partial charge in [0.05, 0.1) is 11.3 Å². The van der Waals surface area contributed by atoms with Gasteiger partial charge in [0, 0.05) is 55.8 Å². The standard InChI is InChI=1S/C29H33F4N7O/c1-18-14-24(41)37-26-25(18)28(35-17-34-26)39-10-6-19(7-11-39)27-36-23(16-40(27)13-12-38-8-2-3-9-38)20-4-5-22(30)21(15-20)29(31,32)33/h4-5,15-19H,2-3,6-14H2,1H3,(H,34,35,37,41)/t18-/m1/s1. The minimum atomic E-state index is -4.78. The molecule has 0 bridgehead atoms. The molecule has 2 fully saturated rings. The second-order valence-electron chi connectivity index (χ2n) is 11.3. The number of imidazole rings is 1. The number of alkyl halides is 3. The fraction of sp³-hybridized carbons (Fsp3) is 0.517. The molecule has 0 aliphatic carbocycles. The number of likely N-dealkylation sites (tertiary alicyclic amines) is 1. The maximum atomic E-state index is 14.0. The molecule has 218 valence electrons. The van der Waals surface area contributed by atoms with Crippen molar-refractivity contribution in [2.24, 2.45) is 0 Å². The Morgan fingerprint density at radius 1 is 1.05 bits per heavy atom. The van der Waals surface area contributed by atoms with Crippen LogP contribution >= 0.6 is 0 Å². The Morgan fingerprint density at radius 3 is 2.54 bits per heavy atom. The van der Waals surface area contributed by atoms with Gasteiger partial charge in [-0.1, -0.05) is 6.92 Å². The lowest BCUT2D eigenvalue weighted by Gasteiger charge is -2.35. The molecule has 2 aromatic heterocycles. The minimum absolute atomic E-state index is 0.0111. The molecule has 2 saturated heterocycles. The van der Waals surface area contributed by atoms with Crippen LogP contribution in [0.4, 0.5) is 29.2 Å². The fourth-order valence-corrected chi connectivity index (χ4v) is 6.34. The van der Waals surface area contributed by atoms with Crippen molar-refractivity contribution in [2.75, 3.05) is 42.9 Å². The van der Waals surface area contributed by atoms with Crippen LogP contribution in [0.5, 0.6) is 0 Å². The number of rotatable bonds is 6. The van der Waals surface area contributed by atoms with E-state index in [9.17, 15) is 22.4 Å². The van der Waals surface area contributed by atoms with Gasteiger partial charge in [-0.05, 0) is 62.9 Å². The summed E-state index contributed by atoms with van der Waals surface area (Å²) >= 11 is 0. The van der Waals surface area contributed by atoms with Gasteiger partial charge in [0.1, 0.15) is 29.6 Å². The number of fused-ring (bicyclic) bond motifs is 1. The minimum Gasteiger partial charge on any atom is -0.356 e. The summed E-state index contributed by atoms with van der Waals surface area (Å²) < 4.78 is 56.4. The summed E-state index contributed by atoms with van der Waals surface area (Å²) in [4.78, 5) is 30.3. The van der Waals surface area contributed by atoms with Crippen LogP contribution < -0.4 is 10.2 Å². The maximum absolute atomic E-state index is 14.0. The highest BCUT2D eigenvalue weighted by Gasteiger charge is 2.35. The normalized spacial score (nSPS) is 20.4. The first-order valence-electron chi connectivity index (χ1n) is 14.2. The Labute approximate surface area is 235 Å². The summed E-state index contributed by atoms with van der Waals surface area (Å²) in [6, 6.07) is 3.08. The van der Waals surface area contributed by atoms with E-state index in [1.807, 2.05) is 13.1 Å². The smallest absolute Gasteiger partial charge is 0.356 e. The van der Waals surface area contributed by atoms with Crippen molar-refractivity contribution in [3.05, 3.63) is 53.5 Å². The van der Waals surface area contributed by atoms with E-state index >= 15 is 0 Å². The number of piperidine rings is 1. The zero-order valence-electron chi connectivity index (χ0n) is 22.9. The van der Waals surface area contributed by atoms with Crippen molar-refractivity contribution >= 4 is 17.5 Å². The molecule has 6 rings (SSSR count).